The third-order valence-electron chi connectivity index (χ3n) is 5.14. The summed E-state index contributed by atoms with van der Waals surface area (Å²) in [5, 5.41) is 12.8. The van der Waals surface area contributed by atoms with E-state index in [0.717, 1.165) is 62.3 Å². The fourth-order valence-corrected chi connectivity index (χ4v) is 3.43. The fraction of sp³-hybridized carbons (Fsp3) is 0.318. The Labute approximate surface area is 171 Å². The molecule has 0 amide bonds. The van der Waals surface area contributed by atoms with Crippen molar-refractivity contribution in [2.24, 2.45) is 0 Å². The number of nitrogens with zero attached hydrogens (tertiary/aromatic N) is 5. The molecule has 150 valence electrons. The number of aromatic hydroxyl groups is 1. The van der Waals surface area contributed by atoms with Crippen molar-refractivity contribution in [1.82, 2.24) is 15.0 Å². The number of nitrogens with one attached hydrogen (secondary N) is 1. The number of pyridine rings is 1. The molecule has 0 spiro atoms. The number of rotatable bonds is 6. The third-order valence-corrected chi connectivity index (χ3v) is 5.14. The number of piperazine rings is 1. The first-order valence-corrected chi connectivity index (χ1v) is 9.95. The molecule has 1 aromatic carbocycles. The second-order valence-electron chi connectivity index (χ2n) is 7.21. The lowest BCUT2D eigenvalue weighted by molar-refractivity contribution is 0.475. The second kappa shape index (κ2) is 8.77. The van der Waals surface area contributed by atoms with E-state index in [2.05, 4.69) is 25.1 Å². The Morgan fingerprint density at radius 3 is 2.45 bits per heavy atom. The Morgan fingerprint density at radius 2 is 1.72 bits per heavy atom. The monoisotopic (exact) mass is 390 g/mol. The molecule has 0 aliphatic carbocycles. The van der Waals surface area contributed by atoms with Crippen molar-refractivity contribution in [3.8, 4) is 5.75 Å². The van der Waals surface area contributed by atoms with Gasteiger partial charge < -0.3 is 20.2 Å². The number of aromatic nitrogens is 3. The van der Waals surface area contributed by atoms with Crippen molar-refractivity contribution in [3.63, 3.8) is 0 Å². The highest BCUT2D eigenvalue weighted by molar-refractivity contribution is 5.49. The minimum absolute atomic E-state index is 0.293. The smallest absolute Gasteiger partial charge is 0.227 e. The quantitative estimate of drug-likeness (QED) is 0.670. The summed E-state index contributed by atoms with van der Waals surface area (Å²) in [4.78, 5) is 18.3. The molecule has 0 saturated carbocycles. The van der Waals surface area contributed by atoms with Crippen molar-refractivity contribution in [2.45, 2.75) is 13.3 Å². The van der Waals surface area contributed by atoms with Crippen LogP contribution in [0, 0.1) is 6.92 Å². The van der Waals surface area contributed by atoms with Gasteiger partial charge in [0.05, 0.1) is 0 Å². The van der Waals surface area contributed by atoms with Gasteiger partial charge in [0.25, 0.3) is 0 Å². The normalized spacial score (nSPS) is 14.1. The molecule has 1 aliphatic rings. The summed E-state index contributed by atoms with van der Waals surface area (Å²) in [6.45, 7) is 6.33. The van der Waals surface area contributed by atoms with Crippen LogP contribution in [0.1, 0.15) is 11.1 Å². The van der Waals surface area contributed by atoms with E-state index in [-0.39, 0.29) is 0 Å². The molecule has 0 atom stereocenters. The van der Waals surface area contributed by atoms with Gasteiger partial charge >= 0.3 is 0 Å². The minimum Gasteiger partial charge on any atom is -0.508 e. The molecule has 29 heavy (non-hydrogen) atoms. The van der Waals surface area contributed by atoms with E-state index in [1.54, 1.807) is 12.1 Å². The molecule has 1 fully saturated rings. The summed E-state index contributed by atoms with van der Waals surface area (Å²) >= 11 is 0. The predicted molar refractivity (Wildman–Crippen MR) is 116 cm³/mol. The maximum atomic E-state index is 9.39. The molecule has 7 nitrogen and oxygen atoms in total. The predicted octanol–water partition coefficient (Wildman–Crippen LogP) is 2.87. The van der Waals surface area contributed by atoms with Crippen LogP contribution < -0.4 is 15.1 Å². The molecule has 1 saturated heterocycles. The average Bonchev–Trinajstić information content (AvgIpc) is 2.77. The van der Waals surface area contributed by atoms with Gasteiger partial charge in [0.1, 0.15) is 17.4 Å². The van der Waals surface area contributed by atoms with Crippen molar-refractivity contribution in [3.05, 3.63) is 66.0 Å². The maximum absolute atomic E-state index is 9.39. The molecule has 0 bridgehead atoms. The van der Waals surface area contributed by atoms with E-state index in [1.165, 1.54) is 5.56 Å². The van der Waals surface area contributed by atoms with Crippen LogP contribution in [0.25, 0.3) is 0 Å². The van der Waals surface area contributed by atoms with Gasteiger partial charge in [-0.1, -0.05) is 18.2 Å². The molecule has 0 unspecified atom stereocenters. The van der Waals surface area contributed by atoms with Crippen molar-refractivity contribution in [1.29, 1.82) is 0 Å². The maximum Gasteiger partial charge on any atom is 0.227 e. The molecule has 2 aromatic heterocycles. The molecule has 7 heteroatoms. The fourth-order valence-electron chi connectivity index (χ4n) is 3.43. The first-order chi connectivity index (χ1) is 14.2. The Morgan fingerprint density at radius 1 is 0.966 bits per heavy atom. The minimum atomic E-state index is 0.293. The van der Waals surface area contributed by atoms with Crippen LogP contribution in [0.2, 0.25) is 0 Å². The number of hydrogen-bond acceptors (Lipinski definition) is 7. The zero-order valence-electron chi connectivity index (χ0n) is 16.6. The Bertz CT molecular complexity index is 924. The molecule has 2 N–H and O–H groups in total. The standard InChI is InChI=1S/C22H26N6O/c1-17-16-25-22(26-21(17)24-11-9-18-5-7-19(29)8-6-18)28-14-12-27(13-15-28)20-4-2-3-10-23-20/h2-8,10,16,29H,9,11-15H2,1H3,(H,24,25,26). The number of anilines is 3. The zero-order valence-corrected chi connectivity index (χ0v) is 16.6. The average molecular weight is 390 g/mol. The number of phenols is 1. The molecule has 4 rings (SSSR count). The largest absolute Gasteiger partial charge is 0.508 e. The van der Waals surface area contributed by atoms with Gasteiger partial charge in [-0.2, -0.15) is 4.98 Å². The van der Waals surface area contributed by atoms with Crippen LogP contribution in [0.5, 0.6) is 5.75 Å². The SMILES string of the molecule is Cc1cnc(N2CCN(c3ccccn3)CC2)nc1NCCc1ccc(O)cc1. The van der Waals surface area contributed by atoms with Gasteiger partial charge in [0.2, 0.25) is 5.95 Å². The first-order valence-electron chi connectivity index (χ1n) is 9.95. The van der Waals surface area contributed by atoms with Crippen molar-refractivity contribution >= 4 is 17.6 Å². The van der Waals surface area contributed by atoms with E-state index >= 15 is 0 Å². The highest BCUT2D eigenvalue weighted by Gasteiger charge is 2.20. The summed E-state index contributed by atoms with van der Waals surface area (Å²) in [7, 11) is 0. The summed E-state index contributed by atoms with van der Waals surface area (Å²) in [6, 6.07) is 13.3. The number of hydrogen-bond donors (Lipinski definition) is 2. The van der Waals surface area contributed by atoms with Crippen molar-refractivity contribution in [2.75, 3.05) is 47.8 Å². The summed E-state index contributed by atoms with van der Waals surface area (Å²) in [6.07, 6.45) is 4.58. The molecule has 3 heterocycles. The Kier molecular flexibility index (Phi) is 5.74. The van der Waals surface area contributed by atoms with Gasteiger partial charge in [-0.05, 0) is 43.2 Å². The lowest BCUT2D eigenvalue weighted by atomic mass is 10.1. The van der Waals surface area contributed by atoms with E-state index in [1.807, 2.05) is 49.6 Å². The summed E-state index contributed by atoms with van der Waals surface area (Å²) in [5.74, 6) is 2.96. The highest BCUT2D eigenvalue weighted by atomic mass is 16.3. The molecule has 1 aliphatic heterocycles. The zero-order chi connectivity index (χ0) is 20.1. The van der Waals surface area contributed by atoms with Crippen molar-refractivity contribution < 1.29 is 5.11 Å². The number of benzene rings is 1. The van der Waals surface area contributed by atoms with Gasteiger partial charge in [-0.25, -0.2) is 9.97 Å². The van der Waals surface area contributed by atoms with Crippen LogP contribution in [-0.2, 0) is 6.42 Å². The van der Waals surface area contributed by atoms with Gasteiger partial charge in [0, 0.05) is 50.7 Å². The lowest BCUT2D eigenvalue weighted by Gasteiger charge is -2.35. The van der Waals surface area contributed by atoms with Gasteiger partial charge in [-0.3, -0.25) is 0 Å². The summed E-state index contributed by atoms with van der Waals surface area (Å²) in [5.41, 5.74) is 2.21. The topological polar surface area (TPSA) is 77.4 Å². The van der Waals surface area contributed by atoms with Crippen LogP contribution in [0.4, 0.5) is 17.6 Å². The molecular formula is C22H26N6O. The lowest BCUT2D eigenvalue weighted by Crippen LogP contribution is -2.47. The van der Waals surface area contributed by atoms with Crippen LogP contribution in [0.3, 0.4) is 0 Å². The van der Waals surface area contributed by atoms with E-state index in [9.17, 15) is 5.11 Å². The molecule has 3 aromatic rings. The Balaban J connectivity index is 1.35. The highest BCUT2D eigenvalue weighted by Crippen LogP contribution is 2.19. The molecular weight excluding hydrogens is 364 g/mol. The van der Waals surface area contributed by atoms with Crippen LogP contribution in [-0.4, -0.2) is 52.8 Å². The number of aryl methyl sites for hydroxylation is 1. The third kappa shape index (κ3) is 4.74. The van der Waals surface area contributed by atoms with E-state index in [0.29, 0.717) is 5.75 Å². The van der Waals surface area contributed by atoms with Gasteiger partial charge in [0.15, 0.2) is 0 Å². The second-order valence-corrected chi connectivity index (χ2v) is 7.21. The van der Waals surface area contributed by atoms with Crippen LogP contribution in [0.15, 0.2) is 54.9 Å². The Hall–Kier alpha value is -3.35. The summed E-state index contributed by atoms with van der Waals surface area (Å²) < 4.78 is 0. The van der Waals surface area contributed by atoms with Gasteiger partial charge in [-0.15, -0.1) is 0 Å². The number of phenolic OH excluding ortho intramolecular Hbond substituents is 1. The van der Waals surface area contributed by atoms with Crippen LogP contribution >= 0.6 is 0 Å². The van der Waals surface area contributed by atoms with E-state index in [4.69, 9.17) is 4.98 Å². The van der Waals surface area contributed by atoms with E-state index < -0.39 is 0 Å². The molecule has 0 radical (unpaired) electrons. The first kappa shape index (κ1) is 19.0.